The van der Waals surface area contributed by atoms with Gasteiger partial charge in [0.15, 0.2) is 6.29 Å². The lowest BCUT2D eigenvalue weighted by molar-refractivity contribution is -0.190. The van der Waals surface area contributed by atoms with Gasteiger partial charge < -0.3 is 9.47 Å². The molecule has 1 fully saturated rings. The number of hydrogen-bond donors (Lipinski definition) is 0. The molecule has 0 N–H and O–H groups in total. The largest absolute Gasteiger partial charge is 0.353 e. The summed E-state index contributed by atoms with van der Waals surface area (Å²) in [6.45, 7) is 3.14. The minimum atomic E-state index is 0.0564. The van der Waals surface area contributed by atoms with Crippen LogP contribution in [0.15, 0.2) is 15.2 Å². The molecule has 138 valence electrons. The average molecular weight is 417 g/mol. The lowest BCUT2D eigenvalue weighted by atomic mass is 10.0. The lowest BCUT2D eigenvalue weighted by Crippen LogP contribution is -2.28. The van der Waals surface area contributed by atoms with Gasteiger partial charge in [0.25, 0.3) is 0 Å². The molecule has 2 nitrogen and oxygen atoms in total. The molecule has 0 bridgehead atoms. The second-order valence-corrected chi connectivity index (χ2v) is 9.10. The summed E-state index contributed by atoms with van der Waals surface area (Å²) in [5, 5.41) is 2.17. The Hall–Kier alpha value is 0.1000. The van der Waals surface area contributed by atoms with E-state index in [9.17, 15) is 0 Å². The molecule has 0 aliphatic carbocycles. The Balaban J connectivity index is 1.68. The van der Waals surface area contributed by atoms with Crippen molar-refractivity contribution in [3.63, 3.8) is 0 Å². The molecular formula is C20H33BrO2S. The van der Waals surface area contributed by atoms with Crippen LogP contribution < -0.4 is 0 Å². The van der Waals surface area contributed by atoms with Crippen LogP contribution in [-0.4, -0.2) is 19.0 Å². The molecule has 1 aliphatic rings. The van der Waals surface area contributed by atoms with E-state index in [2.05, 4.69) is 34.3 Å². The number of rotatable bonds is 12. The summed E-state index contributed by atoms with van der Waals surface area (Å²) in [4.78, 5) is 0. The summed E-state index contributed by atoms with van der Waals surface area (Å²) in [6, 6.07) is 2.24. The van der Waals surface area contributed by atoms with E-state index in [1.54, 1.807) is 11.3 Å². The zero-order valence-corrected chi connectivity index (χ0v) is 17.5. The predicted octanol–water partition coefficient (Wildman–Crippen LogP) is 7.11. The third-order valence-corrected chi connectivity index (χ3v) is 6.59. The van der Waals surface area contributed by atoms with Gasteiger partial charge in [0.2, 0.25) is 0 Å². The zero-order chi connectivity index (χ0) is 17.0. The normalized spacial score (nSPS) is 19.5. The fourth-order valence-electron chi connectivity index (χ4n) is 3.30. The monoisotopic (exact) mass is 416 g/mol. The summed E-state index contributed by atoms with van der Waals surface area (Å²) in [5.41, 5.74) is 1.45. The van der Waals surface area contributed by atoms with Crippen LogP contribution in [0.4, 0.5) is 0 Å². The standard InChI is InChI=1S/C20H33BrO2S/c1-2-3-4-5-11-18(23-19-13-8-9-15-22-19)12-7-6-10-17-14-16-24-20(17)21/h14,16,18-19H,2-13,15H2,1H3. The van der Waals surface area contributed by atoms with E-state index in [1.807, 2.05) is 0 Å². The first-order chi connectivity index (χ1) is 11.8. The number of ether oxygens (including phenoxy) is 2. The SMILES string of the molecule is CCCCCCC(CCCCc1ccsc1Br)OC1CCCCO1. The quantitative estimate of drug-likeness (QED) is 0.338. The highest BCUT2D eigenvalue weighted by Gasteiger charge is 2.19. The maximum atomic E-state index is 6.30. The van der Waals surface area contributed by atoms with Crippen molar-refractivity contribution in [2.24, 2.45) is 0 Å². The molecule has 1 aromatic heterocycles. The Morgan fingerprint density at radius 2 is 2.04 bits per heavy atom. The molecule has 24 heavy (non-hydrogen) atoms. The summed E-state index contributed by atoms with van der Waals surface area (Å²) >= 11 is 5.42. The van der Waals surface area contributed by atoms with E-state index < -0.39 is 0 Å². The van der Waals surface area contributed by atoms with Crippen molar-refractivity contribution in [2.75, 3.05) is 6.61 Å². The Morgan fingerprint density at radius 3 is 2.71 bits per heavy atom. The number of hydrogen-bond acceptors (Lipinski definition) is 3. The highest BCUT2D eigenvalue weighted by atomic mass is 79.9. The summed E-state index contributed by atoms with van der Waals surface area (Å²) in [6.07, 6.45) is 15.3. The van der Waals surface area contributed by atoms with Crippen LogP contribution in [0.2, 0.25) is 0 Å². The van der Waals surface area contributed by atoms with Crippen LogP contribution in [-0.2, 0) is 15.9 Å². The Bertz CT molecular complexity index is 429. The molecule has 0 radical (unpaired) electrons. The highest BCUT2D eigenvalue weighted by Crippen LogP contribution is 2.26. The molecule has 0 amide bonds. The first-order valence-electron chi connectivity index (χ1n) is 9.78. The number of aryl methyl sites for hydroxylation is 1. The van der Waals surface area contributed by atoms with Crippen LogP contribution in [0.25, 0.3) is 0 Å². The van der Waals surface area contributed by atoms with Crippen molar-refractivity contribution < 1.29 is 9.47 Å². The van der Waals surface area contributed by atoms with Crippen molar-refractivity contribution in [1.82, 2.24) is 0 Å². The third-order valence-electron chi connectivity index (χ3n) is 4.78. The van der Waals surface area contributed by atoms with E-state index in [1.165, 1.54) is 80.0 Å². The fraction of sp³-hybridized carbons (Fsp3) is 0.800. The smallest absolute Gasteiger partial charge is 0.157 e. The van der Waals surface area contributed by atoms with Crippen LogP contribution in [0.3, 0.4) is 0 Å². The van der Waals surface area contributed by atoms with Crippen LogP contribution in [0, 0.1) is 0 Å². The van der Waals surface area contributed by atoms with Crippen LogP contribution in [0.1, 0.15) is 83.1 Å². The van der Waals surface area contributed by atoms with E-state index in [0.29, 0.717) is 6.10 Å². The molecule has 1 aliphatic heterocycles. The lowest BCUT2D eigenvalue weighted by Gasteiger charge is -2.28. The Morgan fingerprint density at radius 1 is 1.21 bits per heavy atom. The van der Waals surface area contributed by atoms with Gasteiger partial charge in [0, 0.05) is 6.61 Å². The van der Waals surface area contributed by atoms with E-state index in [-0.39, 0.29) is 6.29 Å². The second-order valence-electron chi connectivity index (χ2n) is 6.87. The first-order valence-corrected chi connectivity index (χ1v) is 11.5. The Kier molecular flexibility index (Phi) is 10.6. The van der Waals surface area contributed by atoms with Gasteiger partial charge in [-0.2, -0.15) is 0 Å². The van der Waals surface area contributed by atoms with Crippen molar-refractivity contribution in [3.8, 4) is 0 Å². The van der Waals surface area contributed by atoms with Gasteiger partial charge in [0.1, 0.15) is 0 Å². The second kappa shape index (κ2) is 12.5. The molecule has 0 saturated carbocycles. The predicted molar refractivity (Wildman–Crippen MR) is 107 cm³/mol. The summed E-state index contributed by atoms with van der Waals surface area (Å²) < 4.78 is 13.4. The zero-order valence-electron chi connectivity index (χ0n) is 15.1. The maximum Gasteiger partial charge on any atom is 0.157 e. The Labute approximate surface area is 160 Å². The van der Waals surface area contributed by atoms with Gasteiger partial charge in [-0.15, -0.1) is 11.3 Å². The molecule has 2 atom stereocenters. The third kappa shape index (κ3) is 7.99. The van der Waals surface area contributed by atoms with E-state index in [4.69, 9.17) is 9.47 Å². The molecular weight excluding hydrogens is 384 g/mol. The van der Waals surface area contributed by atoms with Gasteiger partial charge in [-0.3, -0.25) is 0 Å². The highest BCUT2D eigenvalue weighted by molar-refractivity contribution is 9.11. The summed E-state index contributed by atoms with van der Waals surface area (Å²) in [7, 11) is 0. The maximum absolute atomic E-state index is 6.30. The number of halogens is 1. The summed E-state index contributed by atoms with van der Waals surface area (Å²) in [5.74, 6) is 0. The van der Waals surface area contributed by atoms with Gasteiger partial charge in [-0.25, -0.2) is 0 Å². The van der Waals surface area contributed by atoms with Crippen LogP contribution in [0.5, 0.6) is 0 Å². The minimum Gasteiger partial charge on any atom is -0.353 e. The van der Waals surface area contributed by atoms with Gasteiger partial charge in [-0.1, -0.05) is 39.0 Å². The van der Waals surface area contributed by atoms with E-state index in [0.717, 1.165) is 13.0 Å². The molecule has 0 aromatic carbocycles. The van der Waals surface area contributed by atoms with Crippen molar-refractivity contribution in [1.29, 1.82) is 0 Å². The number of unbranched alkanes of at least 4 members (excludes halogenated alkanes) is 4. The van der Waals surface area contributed by atoms with Gasteiger partial charge >= 0.3 is 0 Å². The molecule has 4 heteroatoms. The average Bonchev–Trinajstić information content (AvgIpc) is 3.01. The molecule has 2 rings (SSSR count). The molecule has 1 aromatic rings. The van der Waals surface area contributed by atoms with Crippen molar-refractivity contribution >= 4 is 27.3 Å². The number of thiophene rings is 1. The first kappa shape index (κ1) is 20.4. The van der Waals surface area contributed by atoms with Crippen molar-refractivity contribution in [3.05, 3.63) is 20.8 Å². The van der Waals surface area contributed by atoms with Crippen molar-refractivity contribution in [2.45, 2.75) is 96.4 Å². The molecule has 0 spiro atoms. The van der Waals surface area contributed by atoms with Crippen LogP contribution >= 0.6 is 27.3 Å². The van der Waals surface area contributed by atoms with Gasteiger partial charge in [-0.05, 0) is 77.9 Å². The molecule has 1 saturated heterocycles. The van der Waals surface area contributed by atoms with Gasteiger partial charge in [0.05, 0.1) is 9.89 Å². The van der Waals surface area contributed by atoms with E-state index >= 15 is 0 Å². The molecule has 2 heterocycles. The molecule has 2 unspecified atom stereocenters. The minimum absolute atomic E-state index is 0.0564. The fourth-order valence-corrected chi connectivity index (χ4v) is 4.63. The topological polar surface area (TPSA) is 18.5 Å².